The van der Waals surface area contributed by atoms with Gasteiger partial charge in [-0.05, 0) is 92.1 Å². The molecule has 40 heavy (non-hydrogen) atoms. The summed E-state index contributed by atoms with van der Waals surface area (Å²) in [6.07, 6.45) is 0. The Bertz CT molecular complexity index is 1850. The maximum Gasteiger partial charge on any atom is 0.270 e. The number of hydrogen-bond donors (Lipinski definition) is 0. The Morgan fingerprint density at radius 1 is 0.525 bits per heavy atom. The molecule has 0 atom stereocenters. The van der Waals surface area contributed by atoms with Gasteiger partial charge in [0.25, 0.3) is 11.4 Å². The lowest BCUT2D eigenvalue weighted by molar-refractivity contribution is 0.627. The first kappa shape index (κ1) is 24.3. The van der Waals surface area contributed by atoms with Gasteiger partial charge in [0.1, 0.15) is 11.6 Å². The second kappa shape index (κ2) is 9.34. The van der Waals surface area contributed by atoms with Gasteiger partial charge in [0.05, 0.1) is 25.3 Å². The molecule has 4 nitrogen and oxygen atoms in total. The Labute approximate surface area is 228 Å². The lowest BCUT2D eigenvalue weighted by Gasteiger charge is -2.15. The topological polar surface area (TPSA) is 56.3 Å². The maximum absolute atomic E-state index is 13.6. The first-order valence-electron chi connectivity index (χ1n) is 12.1. The Hall–Kier alpha value is -6.08. The van der Waals surface area contributed by atoms with Gasteiger partial charge in [-0.1, -0.05) is 48.5 Å². The van der Waals surface area contributed by atoms with Crippen molar-refractivity contribution in [3.8, 4) is 34.4 Å². The van der Waals surface area contributed by atoms with Gasteiger partial charge in [-0.2, -0.15) is 0 Å². The number of nitriles is 2. The van der Waals surface area contributed by atoms with Gasteiger partial charge in [0.15, 0.2) is 0 Å². The van der Waals surface area contributed by atoms with Crippen LogP contribution >= 0.6 is 0 Å². The van der Waals surface area contributed by atoms with Crippen molar-refractivity contribution in [3.05, 3.63) is 153 Å². The maximum atomic E-state index is 13.6. The van der Waals surface area contributed by atoms with Crippen molar-refractivity contribution in [2.75, 3.05) is 0 Å². The summed E-state index contributed by atoms with van der Waals surface area (Å²) in [6, 6.07) is 27.2. The van der Waals surface area contributed by atoms with Crippen LogP contribution in [0.25, 0.3) is 54.2 Å². The van der Waals surface area contributed by atoms with Gasteiger partial charge >= 0.3 is 0 Å². The number of hydrogen-bond acceptors (Lipinski definition) is 2. The van der Waals surface area contributed by atoms with E-state index in [0.717, 1.165) is 22.3 Å². The molecule has 2 aliphatic rings. The van der Waals surface area contributed by atoms with Crippen molar-refractivity contribution < 1.29 is 8.78 Å². The molecule has 0 N–H and O–H groups in total. The van der Waals surface area contributed by atoms with Gasteiger partial charge < -0.3 is 0 Å². The van der Waals surface area contributed by atoms with Crippen molar-refractivity contribution in [1.29, 1.82) is 10.5 Å². The average molecular weight is 517 g/mol. The third-order valence-electron chi connectivity index (χ3n) is 7.13. The van der Waals surface area contributed by atoms with Crippen LogP contribution < -0.4 is 0 Å². The van der Waals surface area contributed by atoms with E-state index < -0.39 is 0 Å². The van der Waals surface area contributed by atoms with Gasteiger partial charge in [0, 0.05) is 11.1 Å². The molecule has 0 unspecified atom stereocenters. The highest BCUT2D eigenvalue weighted by molar-refractivity contribution is 6.37. The molecule has 2 aliphatic carbocycles. The molecule has 184 valence electrons. The highest BCUT2D eigenvalue weighted by atomic mass is 19.1. The molecule has 4 aromatic carbocycles. The lowest BCUT2D eigenvalue weighted by Crippen LogP contribution is -1.96. The van der Waals surface area contributed by atoms with Gasteiger partial charge in [-0.3, -0.25) is 0 Å². The van der Waals surface area contributed by atoms with E-state index in [1.165, 1.54) is 24.3 Å². The van der Waals surface area contributed by atoms with E-state index in [0.29, 0.717) is 44.5 Å². The Balaban J connectivity index is 1.70. The number of allylic oxidation sites excluding steroid dienone is 6. The van der Waals surface area contributed by atoms with E-state index in [-0.39, 0.29) is 23.0 Å². The predicted molar refractivity (Wildman–Crippen MR) is 149 cm³/mol. The average Bonchev–Trinajstić information content (AvgIpc) is 3.48. The standard InChI is InChI=1S/C34H14F2N4/c1-39-29(17-37)31-25-13-7-21(19-3-9-23(35)10-4-19)15-27(25)34-32(30(18-38)40-2)26-14-8-22(16-28(26)33(31)34)20-5-11-24(36)12-6-20/h3-16H/b31-29-,32-30+. The molecule has 6 heteroatoms. The number of halogens is 2. The minimum atomic E-state index is -0.361. The second-order valence-corrected chi connectivity index (χ2v) is 9.18. The summed E-state index contributed by atoms with van der Waals surface area (Å²) in [4.78, 5) is 7.04. The lowest BCUT2D eigenvalue weighted by atomic mass is 9.88. The smallest absolute Gasteiger partial charge is 0.226 e. The number of benzene rings is 4. The fourth-order valence-corrected chi connectivity index (χ4v) is 5.41. The molecule has 0 aromatic heterocycles. The van der Waals surface area contributed by atoms with Gasteiger partial charge in [0.2, 0.25) is 0 Å². The summed E-state index contributed by atoms with van der Waals surface area (Å²) in [5.74, 6) is -0.722. The second-order valence-electron chi connectivity index (χ2n) is 9.18. The Morgan fingerprint density at radius 3 is 1.20 bits per heavy atom. The molecular formula is C34H14F2N4. The minimum absolute atomic E-state index is 0.110. The Morgan fingerprint density at radius 2 is 0.875 bits per heavy atom. The van der Waals surface area contributed by atoms with Crippen LogP contribution in [0.1, 0.15) is 22.3 Å². The van der Waals surface area contributed by atoms with E-state index in [1.807, 2.05) is 48.5 Å². The molecule has 0 spiro atoms. The summed E-state index contributed by atoms with van der Waals surface area (Å²) < 4.78 is 27.2. The third kappa shape index (κ3) is 3.61. The van der Waals surface area contributed by atoms with Crippen LogP contribution in [0.3, 0.4) is 0 Å². The normalized spacial score (nSPS) is 15.2. The van der Waals surface area contributed by atoms with E-state index in [2.05, 4.69) is 9.69 Å². The number of fused-ring (bicyclic) bond motifs is 4. The van der Waals surface area contributed by atoms with Crippen LogP contribution in [-0.4, -0.2) is 0 Å². The summed E-state index contributed by atoms with van der Waals surface area (Å²) in [6.45, 7) is 15.5. The molecule has 0 bridgehead atoms. The van der Waals surface area contributed by atoms with Gasteiger partial charge in [-0.15, -0.1) is 0 Å². The zero-order valence-corrected chi connectivity index (χ0v) is 20.6. The zero-order chi connectivity index (χ0) is 28.0. The predicted octanol–water partition coefficient (Wildman–Crippen LogP) is 8.54. The van der Waals surface area contributed by atoms with Crippen molar-refractivity contribution >= 4 is 22.3 Å². The quantitative estimate of drug-likeness (QED) is 0.198. The summed E-state index contributed by atoms with van der Waals surface area (Å²) in [7, 11) is 0. The van der Waals surface area contributed by atoms with Crippen molar-refractivity contribution in [1.82, 2.24) is 0 Å². The summed E-state index contributed by atoms with van der Waals surface area (Å²) >= 11 is 0. The van der Waals surface area contributed by atoms with Crippen molar-refractivity contribution in [2.24, 2.45) is 0 Å². The molecule has 0 fully saturated rings. The summed E-state index contributed by atoms with van der Waals surface area (Å²) in [5.41, 5.74) is 7.56. The summed E-state index contributed by atoms with van der Waals surface area (Å²) in [5, 5.41) is 19.9. The fraction of sp³-hybridized carbons (Fsp3) is 0. The number of nitrogens with zero attached hydrogens (tertiary/aromatic N) is 4. The first-order valence-corrected chi connectivity index (χ1v) is 12.1. The fourth-order valence-electron chi connectivity index (χ4n) is 5.41. The number of rotatable bonds is 2. The van der Waals surface area contributed by atoms with E-state index in [9.17, 15) is 19.3 Å². The van der Waals surface area contributed by atoms with Crippen LogP contribution in [0.5, 0.6) is 0 Å². The van der Waals surface area contributed by atoms with Crippen molar-refractivity contribution in [2.45, 2.75) is 0 Å². The molecule has 0 aliphatic heterocycles. The van der Waals surface area contributed by atoms with Crippen LogP contribution in [-0.2, 0) is 0 Å². The minimum Gasteiger partial charge on any atom is -0.226 e. The third-order valence-corrected chi connectivity index (χ3v) is 7.13. The van der Waals surface area contributed by atoms with Gasteiger partial charge in [-0.25, -0.2) is 29.0 Å². The molecule has 0 amide bonds. The van der Waals surface area contributed by atoms with Crippen LogP contribution in [0, 0.1) is 47.4 Å². The first-order chi connectivity index (χ1) is 19.5. The van der Waals surface area contributed by atoms with Crippen LogP contribution in [0.4, 0.5) is 8.78 Å². The molecule has 0 saturated heterocycles. The zero-order valence-electron chi connectivity index (χ0n) is 20.6. The largest absolute Gasteiger partial charge is 0.270 e. The molecule has 6 rings (SSSR count). The molecule has 4 aromatic rings. The highest BCUT2D eigenvalue weighted by Gasteiger charge is 2.39. The Kier molecular flexibility index (Phi) is 5.67. The molecule has 0 heterocycles. The molecule has 0 radical (unpaired) electrons. The van der Waals surface area contributed by atoms with Crippen LogP contribution in [0.2, 0.25) is 0 Å². The van der Waals surface area contributed by atoms with E-state index >= 15 is 0 Å². The van der Waals surface area contributed by atoms with E-state index in [1.54, 1.807) is 24.3 Å². The molecule has 0 saturated carbocycles. The van der Waals surface area contributed by atoms with Crippen molar-refractivity contribution in [3.63, 3.8) is 0 Å². The highest BCUT2D eigenvalue weighted by Crippen LogP contribution is 2.60. The van der Waals surface area contributed by atoms with Crippen LogP contribution in [0.15, 0.2) is 96.3 Å². The molecular weight excluding hydrogens is 502 g/mol. The van der Waals surface area contributed by atoms with E-state index in [4.69, 9.17) is 13.1 Å². The monoisotopic (exact) mass is 516 g/mol. The SMILES string of the molecule is [C-]#[N+]/C(C#N)=C1C2=C(/C(=C(\C#N)[N+]#[C-])c3ccc(-c4ccc(F)cc4)cc32)c2cc(-c3ccc(F)cc3)ccc2\1.